The quantitative estimate of drug-likeness (QED) is 0.528. The van der Waals surface area contributed by atoms with Crippen LogP contribution in [-0.2, 0) is 7.05 Å². The Kier molecular flexibility index (Phi) is 3.02. The van der Waals surface area contributed by atoms with Gasteiger partial charge in [-0.3, -0.25) is 10.1 Å². The summed E-state index contributed by atoms with van der Waals surface area (Å²) in [6, 6.07) is 12.5. The average molecular weight is 332 g/mol. The molecule has 2 aromatic carbocycles. The zero-order chi connectivity index (χ0) is 14.3. The van der Waals surface area contributed by atoms with Gasteiger partial charge in [-0.2, -0.15) is 0 Å². The lowest BCUT2D eigenvalue weighted by Crippen LogP contribution is -1.92. The standard InChI is InChI=1S/C14H10BrN3O2/c1-17-13-7-6-11(18(19)20)8-12(13)16-14(17)9-2-4-10(15)5-3-9/h2-8H,1H3. The Hall–Kier alpha value is -2.21. The smallest absolute Gasteiger partial charge is 0.271 e. The predicted molar refractivity (Wildman–Crippen MR) is 80.5 cm³/mol. The van der Waals surface area contributed by atoms with Crippen LogP contribution < -0.4 is 0 Å². The number of benzene rings is 2. The van der Waals surface area contributed by atoms with Crippen molar-refractivity contribution in [3.05, 3.63) is 57.1 Å². The molecule has 6 heteroatoms. The van der Waals surface area contributed by atoms with Crippen LogP contribution in [0.15, 0.2) is 46.9 Å². The van der Waals surface area contributed by atoms with Crippen molar-refractivity contribution in [1.29, 1.82) is 0 Å². The molecule has 5 nitrogen and oxygen atoms in total. The highest BCUT2D eigenvalue weighted by molar-refractivity contribution is 9.10. The Morgan fingerprint density at radius 2 is 1.90 bits per heavy atom. The van der Waals surface area contributed by atoms with Gasteiger partial charge in [-0.1, -0.05) is 28.1 Å². The topological polar surface area (TPSA) is 61.0 Å². The molecule has 100 valence electrons. The third kappa shape index (κ3) is 2.08. The number of halogens is 1. The predicted octanol–water partition coefficient (Wildman–Crippen LogP) is 3.91. The molecule has 0 aliphatic carbocycles. The first kappa shape index (κ1) is 12.8. The molecule has 0 spiro atoms. The van der Waals surface area contributed by atoms with E-state index in [1.165, 1.54) is 12.1 Å². The fourth-order valence-electron chi connectivity index (χ4n) is 2.16. The van der Waals surface area contributed by atoms with E-state index in [1.54, 1.807) is 6.07 Å². The number of nitro groups is 1. The number of fused-ring (bicyclic) bond motifs is 1. The third-order valence-electron chi connectivity index (χ3n) is 3.18. The van der Waals surface area contributed by atoms with Crippen molar-refractivity contribution < 1.29 is 4.92 Å². The summed E-state index contributed by atoms with van der Waals surface area (Å²) >= 11 is 3.39. The van der Waals surface area contributed by atoms with Gasteiger partial charge in [0.2, 0.25) is 0 Å². The molecule has 20 heavy (non-hydrogen) atoms. The SMILES string of the molecule is Cn1c(-c2ccc(Br)cc2)nc2cc([N+](=O)[O-])ccc21. The van der Waals surface area contributed by atoms with Gasteiger partial charge in [0.1, 0.15) is 5.82 Å². The van der Waals surface area contributed by atoms with Crippen molar-refractivity contribution >= 4 is 32.7 Å². The molecule has 0 radical (unpaired) electrons. The van der Waals surface area contributed by atoms with E-state index in [0.29, 0.717) is 5.52 Å². The monoisotopic (exact) mass is 331 g/mol. The summed E-state index contributed by atoms with van der Waals surface area (Å²) in [5.74, 6) is 0.785. The minimum Gasteiger partial charge on any atom is -0.327 e. The number of nitro benzene ring substituents is 1. The van der Waals surface area contributed by atoms with Crippen LogP contribution in [-0.4, -0.2) is 14.5 Å². The normalized spacial score (nSPS) is 10.9. The van der Waals surface area contributed by atoms with Gasteiger partial charge >= 0.3 is 0 Å². The molecule has 0 aliphatic rings. The number of aryl methyl sites for hydroxylation is 1. The lowest BCUT2D eigenvalue weighted by molar-refractivity contribution is -0.384. The second-order valence-electron chi connectivity index (χ2n) is 4.43. The number of aromatic nitrogens is 2. The van der Waals surface area contributed by atoms with Crippen LogP contribution in [0.3, 0.4) is 0 Å². The first-order chi connectivity index (χ1) is 9.56. The summed E-state index contributed by atoms with van der Waals surface area (Å²) in [4.78, 5) is 14.9. The largest absolute Gasteiger partial charge is 0.327 e. The number of hydrogen-bond donors (Lipinski definition) is 0. The van der Waals surface area contributed by atoms with E-state index in [4.69, 9.17) is 0 Å². The third-order valence-corrected chi connectivity index (χ3v) is 3.71. The molecule has 0 saturated carbocycles. The molecular formula is C14H10BrN3O2. The maximum atomic E-state index is 10.8. The van der Waals surface area contributed by atoms with Crippen LogP contribution in [0.1, 0.15) is 0 Å². The van der Waals surface area contributed by atoms with Crippen molar-refractivity contribution in [2.24, 2.45) is 7.05 Å². The molecule has 1 heterocycles. The van der Waals surface area contributed by atoms with Crippen LogP contribution in [0, 0.1) is 10.1 Å². The summed E-state index contributed by atoms with van der Waals surface area (Å²) in [7, 11) is 1.90. The lowest BCUT2D eigenvalue weighted by atomic mass is 10.2. The summed E-state index contributed by atoms with van der Waals surface area (Å²) in [5.41, 5.74) is 2.51. The number of imidazole rings is 1. The minimum atomic E-state index is -0.409. The highest BCUT2D eigenvalue weighted by Gasteiger charge is 2.13. The van der Waals surface area contributed by atoms with Gasteiger partial charge < -0.3 is 4.57 Å². The zero-order valence-electron chi connectivity index (χ0n) is 10.6. The fraction of sp³-hybridized carbons (Fsp3) is 0.0714. The van der Waals surface area contributed by atoms with E-state index in [0.717, 1.165) is 21.4 Å². The van der Waals surface area contributed by atoms with Gasteiger partial charge in [-0.05, 0) is 18.2 Å². The Morgan fingerprint density at radius 3 is 2.55 bits per heavy atom. The first-order valence-electron chi connectivity index (χ1n) is 5.93. The Morgan fingerprint density at radius 1 is 1.20 bits per heavy atom. The highest BCUT2D eigenvalue weighted by Crippen LogP contribution is 2.27. The van der Waals surface area contributed by atoms with Crippen molar-refractivity contribution in [3.8, 4) is 11.4 Å². The van der Waals surface area contributed by atoms with E-state index >= 15 is 0 Å². The molecule has 0 unspecified atom stereocenters. The van der Waals surface area contributed by atoms with Crippen LogP contribution in [0.25, 0.3) is 22.4 Å². The first-order valence-corrected chi connectivity index (χ1v) is 6.72. The summed E-state index contributed by atoms with van der Waals surface area (Å²) in [6.07, 6.45) is 0. The average Bonchev–Trinajstić information content (AvgIpc) is 2.76. The van der Waals surface area contributed by atoms with Crippen molar-refractivity contribution in [3.63, 3.8) is 0 Å². The maximum Gasteiger partial charge on any atom is 0.271 e. The van der Waals surface area contributed by atoms with Gasteiger partial charge in [0, 0.05) is 29.2 Å². The molecular weight excluding hydrogens is 322 g/mol. The molecule has 3 aromatic rings. The maximum absolute atomic E-state index is 10.8. The Bertz CT molecular complexity index is 809. The number of hydrogen-bond acceptors (Lipinski definition) is 3. The number of non-ortho nitro benzene ring substituents is 1. The fourth-order valence-corrected chi connectivity index (χ4v) is 2.42. The number of rotatable bonds is 2. The van der Waals surface area contributed by atoms with Gasteiger partial charge in [0.25, 0.3) is 5.69 Å². The van der Waals surface area contributed by atoms with E-state index in [2.05, 4.69) is 20.9 Å². The molecule has 3 rings (SSSR count). The van der Waals surface area contributed by atoms with E-state index in [-0.39, 0.29) is 5.69 Å². The Labute approximate surface area is 123 Å². The van der Waals surface area contributed by atoms with Crippen molar-refractivity contribution in [2.75, 3.05) is 0 Å². The van der Waals surface area contributed by atoms with Gasteiger partial charge in [0.15, 0.2) is 0 Å². The molecule has 0 fully saturated rings. The van der Waals surface area contributed by atoms with E-state index < -0.39 is 4.92 Å². The number of nitrogens with zero attached hydrogens (tertiary/aromatic N) is 3. The van der Waals surface area contributed by atoms with Crippen LogP contribution in [0.2, 0.25) is 0 Å². The molecule has 0 amide bonds. The summed E-state index contributed by atoms with van der Waals surface area (Å²) < 4.78 is 2.93. The lowest BCUT2D eigenvalue weighted by Gasteiger charge is -2.02. The zero-order valence-corrected chi connectivity index (χ0v) is 12.2. The van der Waals surface area contributed by atoms with Crippen LogP contribution in [0.5, 0.6) is 0 Å². The van der Waals surface area contributed by atoms with Crippen molar-refractivity contribution in [1.82, 2.24) is 9.55 Å². The van der Waals surface area contributed by atoms with E-state index in [9.17, 15) is 10.1 Å². The summed E-state index contributed by atoms with van der Waals surface area (Å²) in [5, 5.41) is 10.8. The molecule has 1 aromatic heterocycles. The second kappa shape index (κ2) is 4.72. The molecule has 0 N–H and O–H groups in total. The second-order valence-corrected chi connectivity index (χ2v) is 5.35. The Balaban J connectivity index is 2.19. The molecule has 0 aliphatic heterocycles. The van der Waals surface area contributed by atoms with Crippen LogP contribution >= 0.6 is 15.9 Å². The molecule has 0 bridgehead atoms. The molecule has 0 saturated heterocycles. The van der Waals surface area contributed by atoms with Crippen molar-refractivity contribution in [2.45, 2.75) is 0 Å². The summed E-state index contributed by atoms with van der Waals surface area (Å²) in [6.45, 7) is 0. The van der Waals surface area contributed by atoms with Gasteiger partial charge in [-0.25, -0.2) is 4.98 Å². The van der Waals surface area contributed by atoms with Gasteiger partial charge in [0.05, 0.1) is 16.0 Å². The highest BCUT2D eigenvalue weighted by atomic mass is 79.9. The molecule has 0 atom stereocenters. The van der Waals surface area contributed by atoms with Crippen LogP contribution in [0.4, 0.5) is 5.69 Å². The minimum absolute atomic E-state index is 0.0537. The van der Waals surface area contributed by atoms with Gasteiger partial charge in [-0.15, -0.1) is 0 Å². The van der Waals surface area contributed by atoms with E-state index in [1.807, 2.05) is 35.9 Å².